The normalized spacial score (nSPS) is 10.4. The summed E-state index contributed by atoms with van der Waals surface area (Å²) in [5.74, 6) is -0.287. The van der Waals surface area contributed by atoms with E-state index in [0.717, 1.165) is 3.57 Å². The first-order chi connectivity index (χ1) is 8.06. The molecule has 0 atom stereocenters. The summed E-state index contributed by atoms with van der Waals surface area (Å²) in [7, 11) is 0. The second kappa shape index (κ2) is 5.49. The smallest absolute Gasteiger partial charge is 0.166 e. The molecule has 0 aliphatic carbocycles. The van der Waals surface area contributed by atoms with E-state index in [1.807, 2.05) is 6.07 Å². The first-order valence-corrected chi connectivity index (χ1v) is 6.84. The van der Waals surface area contributed by atoms with Crippen LogP contribution in [0, 0.1) is 9.39 Å². The van der Waals surface area contributed by atoms with Gasteiger partial charge < -0.3 is 5.32 Å². The Labute approximate surface area is 125 Å². The van der Waals surface area contributed by atoms with E-state index in [-0.39, 0.29) is 5.82 Å². The maximum Gasteiger partial charge on any atom is 0.166 e. The Balaban J connectivity index is 2.31. The van der Waals surface area contributed by atoms with Crippen molar-refractivity contribution < 1.29 is 4.39 Å². The van der Waals surface area contributed by atoms with Gasteiger partial charge in [-0.25, -0.2) is 9.37 Å². The number of aromatic nitrogens is 1. The average Bonchev–Trinajstić information content (AvgIpc) is 2.25. The van der Waals surface area contributed by atoms with Gasteiger partial charge in [0.25, 0.3) is 0 Å². The summed E-state index contributed by atoms with van der Waals surface area (Å²) in [6, 6.07) is 6.80. The van der Waals surface area contributed by atoms with Gasteiger partial charge in [-0.1, -0.05) is 11.6 Å². The van der Waals surface area contributed by atoms with E-state index in [2.05, 4.69) is 48.8 Å². The van der Waals surface area contributed by atoms with Crippen molar-refractivity contribution in [2.45, 2.75) is 0 Å². The molecule has 1 aromatic carbocycles. The molecule has 2 nitrogen and oxygen atoms in total. The number of rotatable bonds is 2. The SMILES string of the molecule is Fc1cc(Br)cnc1Nc1ccc(I)cc1Cl. The molecule has 0 spiro atoms. The minimum Gasteiger partial charge on any atom is -0.337 e. The van der Waals surface area contributed by atoms with Gasteiger partial charge in [0, 0.05) is 14.2 Å². The van der Waals surface area contributed by atoms with E-state index in [4.69, 9.17) is 11.6 Å². The highest BCUT2D eigenvalue weighted by molar-refractivity contribution is 14.1. The lowest BCUT2D eigenvalue weighted by Crippen LogP contribution is -1.97. The van der Waals surface area contributed by atoms with E-state index >= 15 is 0 Å². The molecule has 6 heteroatoms. The maximum absolute atomic E-state index is 13.5. The Morgan fingerprint density at radius 3 is 2.76 bits per heavy atom. The van der Waals surface area contributed by atoms with Crippen LogP contribution in [0.25, 0.3) is 0 Å². The Hall–Kier alpha value is -0.400. The zero-order valence-corrected chi connectivity index (χ0v) is 12.8. The molecule has 88 valence electrons. The van der Waals surface area contributed by atoms with Gasteiger partial charge in [-0.3, -0.25) is 0 Å². The van der Waals surface area contributed by atoms with Crippen LogP contribution in [0.1, 0.15) is 0 Å². The molecule has 0 bridgehead atoms. The average molecular weight is 427 g/mol. The van der Waals surface area contributed by atoms with Gasteiger partial charge in [0.1, 0.15) is 0 Å². The molecular weight excluding hydrogens is 421 g/mol. The highest BCUT2D eigenvalue weighted by Gasteiger charge is 2.07. The second-order valence-corrected chi connectivity index (χ2v) is 5.80. The van der Waals surface area contributed by atoms with Crippen LogP contribution in [0.2, 0.25) is 5.02 Å². The van der Waals surface area contributed by atoms with Gasteiger partial charge in [0.2, 0.25) is 0 Å². The summed E-state index contributed by atoms with van der Waals surface area (Å²) in [5.41, 5.74) is 0.626. The van der Waals surface area contributed by atoms with E-state index in [1.165, 1.54) is 12.3 Å². The van der Waals surface area contributed by atoms with Crippen LogP contribution in [0.15, 0.2) is 34.9 Å². The monoisotopic (exact) mass is 426 g/mol. The second-order valence-electron chi connectivity index (χ2n) is 3.23. The Bertz CT molecular complexity index is 516. The number of pyridine rings is 1. The standard InChI is InChI=1S/C11H6BrClFIN2/c12-6-3-9(14)11(16-5-6)17-10-2-1-7(15)4-8(10)13/h1-5H,(H,16,17). The molecular formula is C11H6BrClFIN2. The number of anilines is 2. The fourth-order valence-electron chi connectivity index (χ4n) is 1.22. The summed E-state index contributed by atoms with van der Waals surface area (Å²) >= 11 is 11.3. The van der Waals surface area contributed by atoms with Gasteiger partial charge in [0.05, 0.1) is 10.7 Å². The molecule has 0 aliphatic rings. The molecule has 0 radical (unpaired) electrons. The number of benzene rings is 1. The Morgan fingerprint density at radius 2 is 2.12 bits per heavy atom. The fourth-order valence-corrected chi connectivity index (χ4v) is 2.43. The number of halogens is 4. The summed E-state index contributed by atoms with van der Waals surface area (Å²) < 4.78 is 15.2. The van der Waals surface area contributed by atoms with Crippen molar-refractivity contribution >= 4 is 61.6 Å². The van der Waals surface area contributed by atoms with Crippen molar-refractivity contribution in [2.75, 3.05) is 5.32 Å². The van der Waals surface area contributed by atoms with Crippen LogP contribution in [-0.4, -0.2) is 4.98 Å². The summed E-state index contributed by atoms with van der Waals surface area (Å²) in [6.45, 7) is 0. The lowest BCUT2D eigenvalue weighted by atomic mass is 10.3. The maximum atomic E-state index is 13.5. The molecule has 1 aromatic heterocycles. The van der Waals surface area contributed by atoms with E-state index in [1.54, 1.807) is 12.1 Å². The lowest BCUT2D eigenvalue weighted by molar-refractivity contribution is 0.625. The van der Waals surface area contributed by atoms with Crippen molar-refractivity contribution in [3.8, 4) is 0 Å². The predicted molar refractivity (Wildman–Crippen MR) is 79.3 cm³/mol. The van der Waals surface area contributed by atoms with Crippen molar-refractivity contribution in [1.29, 1.82) is 0 Å². The Morgan fingerprint density at radius 1 is 1.35 bits per heavy atom. The van der Waals surface area contributed by atoms with Gasteiger partial charge in [-0.15, -0.1) is 0 Å². The van der Waals surface area contributed by atoms with E-state index in [0.29, 0.717) is 15.2 Å². The molecule has 17 heavy (non-hydrogen) atoms. The summed E-state index contributed by atoms with van der Waals surface area (Å²) in [6.07, 6.45) is 1.52. The third-order valence-corrected chi connectivity index (χ3v) is 3.41. The topological polar surface area (TPSA) is 24.9 Å². The molecule has 0 saturated heterocycles. The molecule has 0 saturated carbocycles. The number of hydrogen-bond acceptors (Lipinski definition) is 2. The minimum absolute atomic E-state index is 0.149. The van der Waals surface area contributed by atoms with E-state index in [9.17, 15) is 4.39 Å². The van der Waals surface area contributed by atoms with Crippen molar-refractivity contribution in [3.63, 3.8) is 0 Å². The first-order valence-electron chi connectivity index (χ1n) is 4.59. The van der Waals surface area contributed by atoms with E-state index < -0.39 is 5.82 Å². The molecule has 0 unspecified atom stereocenters. The van der Waals surface area contributed by atoms with Crippen molar-refractivity contribution in [2.24, 2.45) is 0 Å². The minimum atomic E-state index is -0.436. The fraction of sp³-hybridized carbons (Fsp3) is 0. The third kappa shape index (κ3) is 3.29. The number of hydrogen-bond donors (Lipinski definition) is 1. The van der Waals surface area contributed by atoms with Crippen LogP contribution < -0.4 is 5.32 Å². The Kier molecular flexibility index (Phi) is 4.22. The highest BCUT2D eigenvalue weighted by atomic mass is 127. The predicted octanol–water partition coefficient (Wildman–Crippen LogP) is 4.98. The quantitative estimate of drug-likeness (QED) is 0.684. The van der Waals surface area contributed by atoms with Crippen molar-refractivity contribution in [1.82, 2.24) is 4.98 Å². The summed E-state index contributed by atoms with van der Waals surface area (Å²) in [4.78, 5) is 3.94. The first kappa shape index (κ1) is 13.0. The molecule has 0 amide bonds. The van der Waals surface area contributed by atoms with Crippen LogP contribution in [-0.2, 0) is 0 Å². The number of nitrogens with one attached hydrogen (secondary N) is 1. The van der Waals surface area contributed by atoms with Gasteiger partial charge >= 0.3 is 0 Å². The number of nitrogens with zero attached hydrogens (tertiary/aromatic N) is 1. The van der Waals surface area contributed by atoms with Crippen molar-refractivity contribution in [3.05, 3.63) is 49.3 Å². The summed E-state index contributed by atoms with van der Waals surface area (Å²) in [5, 5.41) is 3.38. The molecule has 1 heterocycles. The molecule has 0 fully saturated rings. The largest absolute Gasteiger partial charge is 0.337 e. The van der Waals surface area contributed by atoms with Crippen LogP contribution in [0.5, 0.6) is 0 Å². The lowest BCUT2D eigenvalue weighted by Gasteiger charge is -2.08. The molecule has 0 aliphatic heterocycles. The third-order valence-electron chi connectivity index (χ3n) is 1.99. The van der Waals surface area contributed by atoms with Crippen LogP contribution in [0.3, 0.4) is 0 Å². The van der Waals surface area contributed by atoms with Crippen LogP contribution >= 0.6 is 50.1 Å². The zero-order valence-electron chi connectivity index (χ0n) is 8.35. The van der Waals surface area contributed by atoms with Gasteiger partial charge in [0.15, 0.2) is 11.6 Å². The van der Waals surface area contributed by atoms with Gasteiger partial charge in [-0.05, 0) is 62.8 Å². The zero-order chi connectivity index (χ0) is 12.4. The molecule has 2 aromatic rings. The molecule has 1 N–H and O–H groups in total. The van der Waals surface area contributed by atoms with Crippen LogP contribution in [0.4, 0.5) is 15.9 Å². The van der Waals surface area contributed by atoms with Gasteiger partial charge in [-0.2, -0.15) is 0 Å². The molecule has 2 rings (SSSR count). The highest BCUT2D eigenvalue weighted by Crippen LogP contribution is 2.27.